The fourth-order valence-corrected chi connectivity index (χ4v) is 2.13. The first-order valence-corrected chi connectivity index (χ1v) is 5.60. The molecule has 74 valence electrons. The highest BCUT2D eigenvalue weighted by molar-refractivity contribution is 5.01. The maximum atomic E-state index is 4.05. The van der Waals surface area contributed by atoms with Crippen molar-refractivity contribution in [2.45, 2.75) is 51.9 Å². The minimum atomic E-state index is 0.970. The van der Waals surface area contributed by atoms with E-state index in [-0.39, 0.29) is 0 Å². The molecule has 1 atom stereocenters. The van der Waals surface area contributed by atoms with Gasteiger partial charge in [-0.2, -0.15) is 0 Å². The molecule has 0 aliphatic heterocycles. The highest BCUT2D eigenvalue weighted by Gasteiger charge is 2.16. The largest absolute Gasteiger partial charge is 0.0999 e. The molecule has 0 nitrogen and oxygen atoms in total. The van der Waals surface area contributed by atoms with Crippen molar-refractivity contribution in [1.29, 1.82) is 0 Å². The molecule has 13 heavy (non-hydrogen) atoms. The molecule has 0 saturated heterocycles. The molecule has 0 aromatic carbocycles. The van der Waals surface area contributed by atoms with E-state index < -0.39 is 0 Å². The van der Waals surface area contributed by atoms with Gasteiger partial charge in [-0.1, -0.05) is 37.1 Å². The van der Waals surface area contributed by atoms with Gasteiger partial charge < -0.3 is 0 Å². The third-order valence-electron chi connectivity index (χ3n) is 2.95. The standard InChI is InChI=1S/C13H22/c1-3-4-5-6-7-8-13-10-9-12(2)11-13/h3-4,13H,2,5-11H2,1H3. The Hall–Kier alpha value is -0.520. The monoisotopic (exact) mass is 178 g/mol. The van der Waals surface area contributed by atoms with Crippen LogP contribution in [0.4, 0.5) is 0 Å². The van der Waals surface area contributed by atoms with Gasteiger partial charge in [0.1, 0.15) is 0 Å². The number of rotatable bonds is 5. The Balaban J connectivity index is 1.97. The molecule has 0 N–H and O–H groups in total. The van der Waals surface area contributed by atoms with E-state index in [0.29, 0.717) is 0 Å². The van der Waals surface area contributed by atoms with Gasteiger partial charge in [0.05, 0.1) is 0 Å². The lowest BCUT2D eigenvalue weighted by Gasteiger charge is -2.06. The van der Waals surface area contributed by atoms with E-state index >= 15 is 0 Å². The van der Waals surface area contributed by atoms with Crippen LogP contribution in [-0.4, -0.2) is 0 Å². The van der Waals surface area contributed by atoms with Gasteiger partial charge in [0, 0.05) is 0 Å². The second kappa shape index (κ2) is 6.01. The van der Waals surface area contributed by atoms with E-state index in [4.69, 9.17) is 0 Å². The highest BCUT2D eigenvalue weighted by Crippen LogP contribution is 2.32. The van der Waals surface area contributed by atoms with Crippen molar-refractivity contribution in [3.05, 3.63) is 24.3 Å². The lowest BCUT2D eigenvalue weighted by Crippen LogP contribution is -1.92. The maximum Gasteiger partial charge on any atom is -0.0294 e. The lowest BCUT2D eigenvalue weighted by molar-refractivity contribution is 0.480. The summed E-state index contributed by atoms with van der Waals surface area (Å²) < 4.78 is 0. The third kappa shape index (κ3) is 4.31. The molecule has 0 bridgehead atoms. The van der Waals surface area contributed by atoms with Crippen molar-refractivity contribution in [2.24, 2.45) is 5.92 Å². The molecule has 0 amide bonds. The second-order valence-electron chi connectivity index (χ2n) is 4.21. The number of hydrogen-bond acceptors (Lipinski definition) is 0. The van der Waals surface area contributed by atoms with Gasteiger partial charge in [-0.05, 0) is 44.9 Å². The van der Waals surface area contributed by atoms with Gasteiger partial charge in [-0.25, -0.2) is 0 Å². The van der Waals surface area contributed by atoms with Crippen LogP contribution >= 0.6 is 0 Å². The first-order chi connectivity index (χ1) is 6.33. The number of unbranched alkanes of at least 4 members (excludes halogenated alkanes) is 2. The average Bonchev–Trinajstić information content (AvgIpc) is 2.51. The van der Waals surface area contributed by atoms with E-state index in [1.165, 1.54) is 50.5 Å². The normalized spacial score (nSPS) is 23.2. The van der Waals surface area contributed by atoms with Gasteiger partial charge in [0.15, 0.2) is 0 Å². The van der Waals surface area contributed by atoms with Crippen molar-refractivity contribution in [1.82, 2.24) is 0 Å². The molecular formula is C13H22. The highest BCUT2D eigenvalue weighted by atomic mass is 14.2. The van der Waals surface area contributed by atoms with Crippen LogP contribution in [0.5, 0.6) is 0 Å². The van der Waals surface area contributed by atoms with Gasteiger partial charge >= 0.3 is 0 Å². The Kier molecular flexibility index (Phi) is 4.88. The molecule has 0 aromatic rings. The fraction of sp³-hybridized carbons (Fsp3) is 0.692. The van der Waals surface area contributed by atoms with Crippen molar-refractivity contribution in [2.75, 3.05) is 0 Å². The van der Waals surface area contributed by atoms with Gasteiger partial charge in [0.25, 0.3) is 0 Å². The van der Waals surface area contributed by atoms with Gasteiger partial charge in [-0.3, -0.25) is 0 Å². The van der Waals surface area contributed by atoms with E-state index in [0.717, 1.165) is 5.92 Å². The number of allylic oxidation sites excluding steroid dienone is 3. The van der Waals surface area contributed by atoms with Crippen LogP contribution in [0.1, 0.15) is 51.9 Å². The van der Waals surface area contributed by atoms with E-state index in [1.807, 2.05) is 0 Å². The zero-order chi connectivity index (χ0) is 9.52. The Morgan fingerprint density at radius 3 is 2.92 bits per heavy atom. The summed E-state index contributed by atoms with van der Waals surface area (Å²) in [7, 11) is 0. The fourth-order valence-electron chi connectivity index (χ4n) is 2.13. The Labute approximate surface area is 82.7 Å². The molecule has 1 fully saturated rings. The molecule has 0 aromatic heterocycles. The maximum absolute atomic E-state index is 4.05. The lowest BCUT2D eigenvalue weighted by atomic mass is 9.99. The van der Waals surface area contributed by atoms with E-state index in [9.17, 15) is 0 Å². The smallest absolute Gasteiger partial charge is 0.0294 e. The van der Waals surface area contributed by atoms with Crippen LogP contribution in [0.25, 0.3) is 0 Å². The SMILES string of the molecule is C=C1CCC(CCCCC=CC)C1. The van der Waals surface area contributed by atoms with Gasteiger partial charge in [-0.15, -0.1) is 0 Å². The summed E-state index contributed by atoms with van der Waals surface area (Å²) in [5.74, 6) is 0.970. The molecule has 1 rings (SSSR count). The van der Waals surface area contributed by atoms with Crippen molar-refractivity contribution in [3.8, 4) is 0 Å². The topological polar surface area (TPSA) is 0 Å². The molecule has 1 aliphatic carbocycles. The molecule has 0 spiro atoms. The Morgan fingerprint density at radius 2 is 2.31 bits per heavy atom. The Morgan fingerprint density at radius 1 is 1.46 bits per heavy atom. The molecule has 1 saturated carbocycles. The molecule has 1 aliphatic rings. The third-order valence-corrected chi connectivity index (χ3v) is 2.95. The summed E-state index contributed by atoms with van der Waals surface area (Å²) in [6.07, 6.45) is 13.9. The first-order valence-electron chi connectivity index (χ1n) is 5.60. The van der Waals surface area contributed by atoms with Crippen LogP contribution in [0, 0.1) is 5.92 Å². The van der Waals surface area contributed by atoms with Crippen LogP contribution < -0.4 is 0 Å². The predicted octanol–water partition coefficient (Wildman–Crippen LogP) is 4.48. The molecule has 0 heteroatoms. The van der Waals surface area contributed by atoms with E-state index in [1.54, 1.807) is 0 Å². The summed E-state index contributed by atoms with van der Waals surface area (Å²) >= 11 is 0. The van der Waals surface area contributed by atoms with Crippen molar-refractivity contribution < 1.29 is 0 Å². The van der Waals surface area contributed by atoms with Crippen LogP contribution in [-0.2, 0) is 0 Å². The molecule has 0 radical (unpaired) electrons. The molecule has 1 unspecified atom stereocenters. The summed E-state index contributed by atoms with van der Waals surface area (Å²) in [5.41, 5.74) is 1.48. The van der Waals surface area contributed by atoms with Crippen molar-refractivity contribution >= 4 is 0 Å². The zero-order valence-corrected chi connectivity index (χ0v) is 8.89. The summed E-state index contributed by atoms with van der Waals surface area (Å²) in [5, 5.41) is 0. The van der Waals surface area contributed by atoms with Crippen molar-refractivity contribution in [3.63, 3.8) is 0 Å². The Bertz CT molecular complexity index is 176. The van der Waals surface area contributed by atoms with E-state index in [2.05, 4.69) is 25.7 Å². The second-order valence-corrected chi connectivity index (χ2v) is 4.21. The van der Waals surface area contributed by atoms with Gasteiger partial charge in [0.2, 0.25) is 0 Å². The van der Waals surface area contributed by atoms with Crippen LogP contribution in [0.2, 0.25) is 0 Å². The average molecular weight is 178 g/mol. The molecule has 0 heterocycles. The predicted molar refractivity (Wildman–Crippen MR) is 59.8 cm³/mol. The summed E-state index contributed by atoms with van der Waals surface area (Å²) in [6, 6.07) is 0. The first kappa shape index (κ1) is 10.6. The minimum Gasteiger partial charge on any atom is -0.0999 e. The molecular weight excluding hydrogens is 156 g/mol. The number of hydrogen-bond donors (Lipinski definition) is 0. The summed E-state index contributed by atoms with van der Waals surface area (Å²) in [4.78, 5) is 0. The minimum absolute atomic E-state index is 0.970. The zero-order valence-electron chi connectivity index (χ0n) is 8.89. The summed E-state index contributed by atoms with van der Waals surface area (Å²) in [6.45, 7) is 6.15. The van der Waals surface area contributed by atoms with Crippen LogP contribution in [0.3, 0.4) is 0 Å². The quantitative estimate of drug-likeness (QED) is 0.430. The van der Waals surface area contributed by atoms with Crippen LogP contribution in [0.15, 0.2) is 24.3 Å².